The first kappa shape index (κ1) is 17.3. The molecule has 2 N–H and O–H groups in total. The highest BCUT2D eigenvalue weighted by Gasteiger charge is 2.17. The molecule has 0 atom stereocenters. The molecule has 0 spiro atoms. The average Bonchev–Trinajstić information content (AvgIpc) is 3.34. The Balaban J connectivity index is 1.51. The fraction of sp³-hybridized carbons (Fsp3) is 0.0476. The number of hydrogen-bond acceptors (Lipinski definition) is 7. The van der Waals surface area contributed by atoms with Gasteiger partial charge in [0.15, 0.2) is 5.01 Å². The molecule has 7 nitrogen and oxygen atoms in total. The lowest BCUT2D eigenvalue weighted by molar-refractivity contribution is 0.304. The minimum absolute atomic E-state index is 0.243. The summed E-state index contributed by atoms with van der Waals surface area (Å²) in [5, 5.41) is 5.14. The van der Waals surface area contributed by atoms with Crippen molar-refractivity contribution in [1.82, 2.24) is 14.6 Å². The molecule has 0 saturated carbocycles. The van der Waals surface area contributed by atoms with Crippen molar-refractivity contribution >= 4 is 45.7 Å². The molecule has 0 bridgehead atoms. The Morgan fingerprint density at radius 1 is 1.10 bits per heavy atom. The highest BCUT2D eigenvalue weighted by atomic mass is 32.1. The number of para-hydroxylation sites is 2. The summed E-state index contributed by atoms with van der Waals surface area (Å²) in [5.74, 6) is 0.985. The van der Waals surface area contributed by atoms with Gasteiger partial charge in [0.1, 0.15) is 18.2 Å². The Bertz CT molecular complexity index is 1340. The van der Waals surface area contributed by atoms with Gasteiger partial charge in [0, 0.05) is 17.4 Å². The molecule has 0 saturated heterocycles. The van der Waals surface area contributed by atoms with Gasteiger partial charge in [0.25, 0.3) is 5.56 Å². The van der Waals surface area contributed by atoms with Crippen LogP contribution in [0.4, 0.5) is 11.5 Å². The largest absolute Gasteiger partial charge is 0.486 e. The van der Waals surface area contributed by atoms with E-state index in [-0.39, 0.29) is 12.4 Å². The number of nitrogen functional groups attached to an aromatic ring is 1. The average molecular weight is 401 g/mol. The first-order valence-electron chi connectivity index (χ1n) is 8.90. The maximum atomic E-state index is 12.6. The van der Waals surface area contributed by atoms with Crippen LogP contribution < -0.4 is 16.0 Å². The number of allylic oxidation sites excluding steroid dienone is 1. The Kier molecular flexibility index (Phi) is 4.18. The van der Waals surface area contributed by atoms with Gasteiger partial charge >= 0.3 is 0 Å². The highest BCUT2D eigenvalue weighted by molar-refractivity contribution is 7.16. The van der Waals surface area contributed by atoms with Gasteiger partial charge in [-0.3, -0.25) is 9.79 Å². The van der Waals surface area contributed by atoms with Crippen LogP contribution in [0.1, 0.15) is 16.1 Å². The predicted octanol–water partition coefficient (Wildman–Crippen LogP) is 3.57. The summed E-state index contributed by atoms with van der Waals surface area (Å²) >= 11 is 1.27. The van der Waals surface area contributed by atoms with Crippen molar-refractivity contribution in [2.75, 3.05) is 5.73 Å². The van der Waals surface area contributed by atoms with Crippen LogP contribution in [-0.2, 0) is 6.61 Å². The lowest BCUT2D eigenvalue weighted by Crippen LogP contribution is -2.16. The highest BCUT2D eigenvalue weighted by Crippen LogP contribution is 2.32. The van der Waals surface area contributed by atoms with Crippen molar-refractivity contribution < 1.29 is 4.74 Å². The fourth-order valence-electron chi connectivity index (χ4n) is 3.09. The summed E-state index contributed by atoms with van der Waals surface area (Å²) in [6, 6.07) is 17.2. The van der Waals surface area contributed by atoms with Gasteiger partial charge in [-0.05, 0) is 24.3 Å². The first-order chi connectivity index (χ1) is 14.2. The number of nitrogens with two attached hydrogens (primary N) is 1. The number of anilines is 1. The van der Waals surface area contributed by atoms with Gasteiger partial charge in [-0.1, -0.05) is 47.7 Å². The van der Waals surface area contributed by atoms with Gasteiger partial charge in [-0.25, -0.2) is 0 Å². The van der Waals surface area contributed by atoms with Crippen molar-refractivity contribution in [3.8, 4) is 5.75 Å². The molecule has 29 heavy (non-hydrogen) atoms. The molecule has 1 aliphatic heterocycles. The standard InChI is InChI=1S/C21H15N5O2S/c22-19-16(10-13-11-23-17-9-5-4-8-15(13)17)20(27)24-21-26(19)25-18(29-21)12-28-14-6-2-1-3-7-14/h1-11H,12,22H2/b13-10+. The van der Waals surface area contributed by atoms with Crippen LogP contribution in [0.25, 0.3) is 16.6 Å². The summed E-state index contributed by atoms with van der Waals surface area (Å²) in [5.41, 5.74) is 8.80. The van der Waals surface area contributed by atoms with E-state index in [2.05, 4.69) is 15.1 Å². The number of aliphatic imine (C=N–C) groups is 1. The number of aromatic nitrogens is 3. The lowest BCUT2D eigenvalue weighted by atomic mass is 10.1. The number of benzene rings is 2. The Labute approximate surface area is 169 Å². The number of nitrogens with zero attached hydrogens (tertiary/aromatic N) is 4. The molecule has 8 heteroatoms. The van der Waals surface area contributed by atoms with Crippen molar-refractivity contribution in [2.24, 2.45) is 4.99 Å². The van der Waals surface area contributed by atoms with Crippen molar-refractivity contribution in [3.05, 3.63) is 81.1 Å². The van der Waals surface area contributed by atoms with Crippen LogP contribution >= 0.6 is 11.3 Å². The van der Waals surface area contributed by atoms with Gasteiger partial charge in [0.05, 0.1) is 11.3 Å². The minimum atomic E-state index is -0.396. The molecule has 0 radical (unpaired) electrons. The second kappa shape index (κ2) is 6.99. The van der Waals surface area contributed by atoms with Crippen molar-refractivity contribution in [2.45, 2.75) is 6.61 Å². The van der Waals surface area contributed by atoms with Crippen LogP contribution in [0.3, 0.4) is 0 Å². The Hall–Kier alpha value is -3.78. The lowest BCUT2D eigenvalue weighted by Gasteiger charge is -2.03. The van der Waals surface area contributed by atoms with Gasteiger partial charge < -0.3 is 10.5 Å². The zero-order valence-electron chi connectivity index (χ0n) is 15.1. The smallest absolute Gasteiger partial charge is 0.283 e. The molecule has 5 rings (SSSR count). The SMILES string of the molecule is Nc1c(/C=C2\C=Nc3ccccc32)c(=O)nc2sc(COc3ccccc3)nn12. The molecular formula is C21H15N5O2S. The van der Waals surface area contributed by atoms with E-state index in [0.717, 1.165) is 22.6 Å². The van der Waals surface area contributed by atoms with Crippen molar-refractivity contribution in [3.63, 3.8) is 0 Å². The van der Waals surface area contributed by atoms with E-state index in [1.807, 2.05) is 54.6 Å². The van der Waals surface area contributed by atoms with E-state index in [1.165, 1.54) is 15.9 Å². The normalized spacial score (nSPS) is 13.9. The molecule has 142 valence electrons. The topological polar surface area (TPSA) is 94.9 Å². The molecule has 1 aliphatic rings. The monoisotopic (exact) mass is 401 g/mol. The summed E-state index contributed by atoms with van der Waals surface area (Å²) in [6.45, 7) is 0.266. The van der Waals surface area contributed by atoms with Crippen LogP contribution in [-0.4, -0.2) is 20.8 Å². The molecule has 0 aliphatic carbocycles. The van der Waals surface area contributed by atoms with E-state index < -0.39 is 5.56 Å². The summed E-state index contributed by atoms with van der Waals surface area (Å²) in [6.07, 6.45) is 3.44. The minimum Gasteiger partial charge on any atom is -0.486 e. The van der Waals surface area contributed by atoms with Gasteiger partial charge in [-0.15, -0.1) is 0 Å². The second-order valence-corrected chi connectivity index (χ2v) is 7.42. The van der Waals surface area contributed by atoms with Crippen LogP contribution in [0.15, 0.2) is 64.4 Å². The molecule has 2 aromatic heterocycles. The zero-order valence-corrected chi connectivity index (χ0v) is 16.0. The van der Waals surface area contributed by atoms with Gasteiger partial charge in [0.2, 0.25) is 4.96 Å². The van der Waals surface area contributed by atoms with E-state index in [0.29, 0.717) is 15.5 Å². The fourth-order valence-corrected chi connectivity index (χ4v) is 3.89. The third-order valence-electron chi connectivity index (χ3n) is 4.50. The Morgan fingerprint density at radius 2 is 1.90 bits per heavy atom. The summed E-state index contributed by atoms with van der Waals surface area (Å²) in [7, 11) is 0. The quantitative estimate of drug-likeness (QED) is 0.564. The van der Waals surface area contributed by atoms with Crippen molar-refractivity contribution in [1.29, 1.82) is 0 Å². The maximum absolute atomic E-state index is 12.6. The maximum Gasteiger partial charge on any atom is 0.283 e. The van der Waals surface area contributed by atoms with E-state index >= 15 is 0 Å². The molecular weight excluding hydrogens is 386 g/mol. The van der Waals surface area contributed by atoms with E-state index in [4.69, 9.17) is 10.5 Å². The number of rotatable bonds is 4. The molecule has 4 aromatic rings. The molecule has 0 unspecified atom stereocenters. The summed E-state index contributed by atoms with van der Waals surface area (Å²) in [4.78, 5) is 21.5. The van der Waals surface area contributed by atoms with E-state index in [9.17, 15) is 4.79 Å². The zero-order chi connectivity index (χ0) is 19.8. The predicted molar refractivity (Wildman–Crippen MR) is 115 cm³/mol. The second-order valence-electron chi connectivity index (χ2n) is 6.38. The molecule has 2 aromatic carbocycles. The van der Waals surface area contributed by atoms with Gasteiger partial charge in [-0.2, -0.15) is 14.6 Å². The number of fused-ring (bicyclic) bond motifs is 2. The number of hydrogen-bond donors (Lipinski definition) is 1. The van der Waals surface area contributed by atoms with Crippen LogP contribution in [0, 0.1) is 0 Å². The first-order valence-corrected chi connectivity index (χ1v) is 9.72. The molecule has 3 heterocycles. The molecule has 0 fully saturated rings. The summed E-state index contributed by atoms with van der Waals surface area (Å²) < 4.78 is 7.21. The van der Waals surface area contributed by atoms with E-state index in [1.54, 1.807) is 12.3 Å². The molecule has 0 amide bonds. The third-order valence-corrected chi connectivity index (χ3v) is 5.38. The van der Waals surface area contributed by atoms with Crippen LogP contribution in [0.2, 0.25) is 0 Å². The Morgan fingerprint density at radius 3 is 2.76 bits per heavy atom. The third kappa shape index (κ3) is 3.19. The van der Waals surface area contributed by atoms with Crippen LogP contribution in [0.5, 0.6) is 5.75 Å². The number of ether oxygens (including phenoxy) is 1.